The predicted molar refractivity (Wildman–Crippen MR) is 168 cm³/mol. The van der Waals surface area contributed by atoms with E-state index in [1.165, 1.54) is 11.3 Å². The van der Waals surface area contributed by atoms with Crippen LogP contribution in [0.1, 0.15) is 26.5 Å². The van der Waals surface area contributed by atoms with Crippen molar-refractivity contribution in [1.82, 2.24) is 14.5 Å². The molecule has 0 amide bonds. The average molecular weight is 560 g/mol. The zero-order chi connectivity index (χ0) is 28.2. The fourth-order valence-electron chi connectivity index (χ4n) is 5.54. The number of allylic oxidation sites excluding steroid dienone is 1. The van der Waals surface area contributed by atoms with Gasteiger partial charge in [0.1, 0.15) is 10.8 Å². The van der Waals surface area contributed by atoms with Gasteiger partial charge in [-0.3, -0.25) is 14.2 Å². The number of nitrogens with zero attached hydrogens (tertiary/aromatic N) is 3. The summed E-state index contributed by atoms with van der Waals surface area (Å²) in [5.74, 6) is -0.0723. The number of fused-ring (bicyclic) bond motifs is 3. The van der Waals surface area contributed by atoms with Crippen molar-refractivity contribution in [3.63, 3.8) is 0 Å². The summed E-state index contributed by atoms with van der Waals surface area (Å²) in [6.07, 6.45) is 1.62. The third-order valence-electron chi connectivity index (χ3n) is 7.64. The van der Waals surface area contributed by atoms with Crippen molar-refractivity contribution < 1.29 is 9.59 Å². The van der Waals surface area contributed by atoms with Crippen LogP contribution in [-0.2, 0) is 0 Å². The minimum Gasteiger partial charge on any atom is -0.288 e. The number of rotatable bonds is 4. The van der Waals surface area contributed by atoms with E-state index < -0.39 is 0 Å². The topological polar surface area (TPSA) is 64.8 Å². The molecule has 8 rings (SSSR count). The highest BCUT2D eigenvalue weighted by Gasteiger charge is 2.34. The molecule has 0 saturated heterocycles. The van der Waals surface area contributed by atoms with E-state index in [9.17, 15) is 9.59 Å². The lowest BCUT2D eigenvalue weighted by Crippen LogP contribution is -2.04. The molecular formula is C36H21N3O2S. The van der Waals surface area contributed by atoms with Gasteiger partial charge in [-0.1, -0.05) is 108 Å². The number of Topliss-reactive ketones (excluding diaryl/α,β-unsaturated/α-hetero) is 2. The first-order valence-electron chi connectivity index (χ1n) is 13.6. The smallest absolute Gasteiger partial charge is 0.197 e. The fraction of sp³-hybridized carbons (Fsp3) is 0. The number of benzene rings is 5. The first kappa shape index (κ1) is 24.3. The molecule has 5 nitrogen and oxygen atoms in total. The van der Waals surface area contributed by atoms with E-state index in [-0.39, 0.29) is 17.1 Å². The van der Waals surface area contributed by atoms with E-state index in [1.807, 2.05) is 102 Å². The van der Waals surface area contributed by atoms with Crippen LogP contribution in [0.3, 0.4) is 0 Å². The van der Waals surface area contributed by atoms with Gasteiger partial charge in [-0.25, -0.2) is 9.97 Å². The maximum atomic E-state index is 13.6. The molecule has 2 heterocycles. The normalized spacial score (nSPS) is 12.8. The van der Waals surface area contributed by atoms with Gasteiger partial charge in [0.15, 0.2) is 22.0 Å². The van der Waals surface area contributed by atoms with Gasteiger partial charge in [-0.15, -0.1) is 0 Å². The summed E-state index contributed by atoms with van der Waals surface area (Å²) >= 11 is 1.49. The molecule has 0 fully saturated rings. The van der Waals surface area contributed by atoms with Gasteiger partial charge < -0.3 is 0 Å². The molecule has 198 valence electrons. The van der Waals surface area contributed by atoms with E-state index in [0.29, 0.717) is 22.6 Å². The first-order chi connectivity index (χ1) is 20.6. The molecule has 1 aliphatic rings. The number of carbonyl (C=O) groups is 2. The maximum absolute atomic E-state index is 13.6. The van der Waals surface area contributed by atoms with Gasteiger partial charge >= 0.3 is 0 Å². The number of hydrogen-bond donors (Lipinski definition) is 0. The fourth-order valence-corrected chi connectivity index (χ4v) is 6.48. The summed E-state index contributed by atoms with van der Waals surface area (Å²) in [5.41, 5.74) is 5.72. The molecule has 7 aromatic rings. The zero-order valence-electron chi connectivity index (χ0n) is 22.2. The summed E-state index contributed by atoms with van der Waals surface area (Å²) < 4.78 is 1.93. The molecular weight excluding hydrogens is 538 g/mol. The summed E-state index contributed by atoms with van der Waals surface area (Å²) in [6.45, 7) is 0. The molecule has 6 heteroatoms. The SMILES string of the molecule is O=C1C(=Cc2nc3sc(-c4ccccc4)nc3n2-c2ccc(-c3ccccc3)cc2)C(=O)c2cc3ccccc3cc21. The molecule has 0 bridgehead atoms. The van der Waals surface area contributed by atoms with E-state index >= 15 is 0 Å². The lowest BCUT2D eigenvalue weighted by atomic mass is 10.0. The predicted octanol–water partition coefficient (Wildman–Crippen LogP) is 8.43. The summed E-state index contributed by atoms with van der Waals surface area (Å²) in [7, 11) is 0. The Labute approximate surface area is 245 Å². The van der Waals surface area contributed by atoms with Crippen molar-refractivity contribution in [2.24, 2.45) is 0 Å². The Hall–Kier alpha value is -5.46. The highest BCUT2D eigenvalue weighted by Crippen LogP contribution is 2.35. The summed E-state index contributed by atoms with van der Waals surface area (Å²) in [6, 6.07) is 39.7. The lowest BCUT2D eigenvalue weighted by molar-refractivity contribution is 0.0990. The number of hydrogen-bond acceptors (Lipinski definition) is 5. The van der Waals surface area contributed by atoms with Gasteiger partial charge in [0.05, 0.1) is 5.57 Å². The van der Waals surface area contributed by atoms with Gasteiger partial charge in [-0.2, -0.15) is 0 Å². The molecule has 0 aliphatic heterocycles. The Bertz CT molecular complexity index is 2150. The van der Waals surface area contributed by atoms with Gasteiger partial charge in [0, 0.05) is 22.4 Å². The van der Waals surface area contributed by atoms with Crippen LogP contribution >= 0.6 is 11.3 Å². The second-order valence-corrected chi connectivity index (χ2v) is 11.2. The average Bonchev–Trinajstić information content (AvgIpc) is 3.67. The van der Waals surface area contributed by atoms with Crippen molar-refractivity contribution in [3.05, 3.63) is 144 Å². The maximum Gasteiger partial charge on any atom is 0.197 e. The first-order valence-corrected chi connectivity index (χ1v) is 14.4. The molecule has 2 aromatic heterocycles. The standard InChI is InChI=1S/C36H21N3O2S/c40-32-28-19-25-13-7-8-14-26(25)20-29(28)33(41)30(32)21-31-37-36-34(38-35(42-36)24-11-5-2-6-12-24)39(31)27-17-15-23(16-18-27)22-9-3-1-4-10-22/h1-21H. The largest absolute Gasteiger partial charge is 0.288 e. The molecule has 0 spiro atoms. The van der Waals surface area contributed by atoms with Gasteiger partial charge in [0.2, 0.25) is 0 Å². The lowest BCUT2D eigenvalue weighted by Gasteiger charge is -2.08. The molecule has 0 radical (unpaired) electrons. The van der Waals surface area contributed by atoms with E-state index in [4.69, 9.17) is 9.97 Å². The number of imidazole rings is 1. The quantitative estimate of drug-likeness (QED) is 0.160. The van der Waals surface area contributed by atoms with Crippen molar-refractivity contribution in [2.75, 3.05) is 0 Å². The van der Waals surface area contributed by atoms with Crippen LogP contribution in [0.5, 0.6) is 0 Å². The summed E-state index contributed by atoms with van der Waals surface area (Å²) in [4.78, 5) is 37.7. The highest BCUT2D eigenvalue weighted by molar-refractivity contribution is 7.21. The number of aromatic nitrogens is 3. The van der Waals surface area contributed by atoms with Crippen LogP contribution in [0.2, 0.25) is 0 Å². The third kappa shape index (κ3) is 3.92. The van der Waals surface area contributed by atoms with Crippen LogP contribution in [0.25, 0.3) is 54.7 Å². The molecule has 42 heavy (non-hydrogen) atoms. The third-order valence-corrected chi connectivity index (χ3v) is 8.63. The number of carbonyl (C=O) groups excluding carboxylic acids is 2. The second-order valence-electron chi connectivity index (χ2n) is 10.2. The van der Waals surface area contributed by atoms with E-state index in [2.05, 4.69) is 24.3 Å². The van der Waals surface area contributed by atoms with Crippen LogP contribution < -0.4 is 0 Å². The summed E-state index contributed by atoms with van der Waals surface area (Å²) in [5, 5.41) is 2.71. The van der Waals surface area contributed by atoms with Crippen LogP contribution in [0, 0.1) is 0 Å². The Kier molecular flexibility index (Phi) is 5.55. The number of ketones is 2. The molecule has 5 aromatic carbocycles. The molecule has 0 unspecified atom stereocenters. The van der Waals surface area contributed by atoms with Gasteiger partial charge in [0.25, 0.3) is 0 Å². The minimum absolute atomic E-state index is 0.114. The van der Waals surface area contributed by atoms with Crippen molar-refractivity contribution in [2.45, 2.75) is 0 Å². The van der Waals surface area contributed by atoms with Crippen molar-refractivity contribution in [3.8, 4) is 27.4 Å². The van der Waals surface area contributed by atoms with Gasteiger partial charge in [-0.05, 0) is 52.2 Å². The molecule has 0 atom stereocenters. The minimum atomic E-state index is -0.281. The molecule has 1 aliphatic carbocycles. The van der Waals surface area contributed by atoms with Crippen LogP contribution in [0.15, 0.2) is 127 Å². The Morgan fingerprint density at radius 1 is 0.595 bits per heavy atom. The van der Waals surface area contributed by atoms with Crippen LogP contribution in [-0.4, -0.2) is 26.1 Å². The Morgan fingerprint density at radius 2 is 1.14 bits per heavy atom. The molecule has 0 N–H and O–H groups in total. The van der Waals surface area contributed by atoms with Crippen LogP contribution in [0.4, 0.5) is 0 Å². The number of thiazole rings is 1. The highest BCUT2D eigenvalue weighted by atomic mass is 32.1. The van der Waals surface area contributed by atoms with Crippen molar-refractivity contribution in [1.29, 1.82) is 0 Å². The zero-order valence-corrected chi connectivity index (χ0v) is 23.0. The second kappa shape index (κ2) is 9.58. The van der Waals surface area contributed by atoms with Crippen molar-refractivity contribution >= 4 is 50.2 Å². The Morgan fingerprint density at radius 3 is 1.76 bits per heavy atom. The Balaban J connectivity index is 1.28. The molecule has 0 saturated carbocycles. The monoisotopic (exact) mass is 559 g/mol. The van der Waals surface area contributed by atoms with E-state index in [1.54, 1.807) is 6.08 Å². The van der Waals surface area contributed by atoms with E-state index in [0.717, 1.165) is 43.0 Å².